The van der Waals surface area contributed by atoms with Crippen LogP contribution >= 0.6 is 11.6 Å². The van der Waals surface area contributed by atoms with Crippen molar-refractivity contribution in [3.63, 3.8) is 0 Å². The van der Waals surface area contributed by atoms with Crippen LogP contribution in [0.3, 0.4) is 0 Å². The van der Waals surface area contributed by atoms with E-state index < -0.39 is 22.0 Å². The number of carbonyl (C=O) groups excluding carboxylic acids is 2. The molecule has 1 aliphatic rings. The Balaban J connectivity index is 1.65. The molecule has 0 unspecified atom stereocenters. The largest absolute Gasteiger partial charge is 0.326 e. The van der Waals surface area contributed by atoms with Crippen LogP contribution in [0.1, 0.15) is 29.2 Å². The Morgan fingerprint density at radius 1 is 1.03 bits per heavy atom. The van der Waals surface area contributed by atoms with Crippen molar-refractivity contribution in [2.24, 2.45) is 0 Å². The third kappa shape index (κ3) is 5.24. The van der Waals surface area contributed by atoms with Gasteiger partial charge in [0.25, 0.3) is 0 Å². The Kier molecular flexibility index (Phi) is 6.51. The number of benzene rings is 3. The summed E-state index contributed by atoms with van der Waals surface area (Å²) < 4.78 is 29.0. The van der Waals surface area contributed by atoms with Gasteiger partial charge in [-0.25, -0.2) is 8.42 Å². The molecule has 3 aromatic rings. The maximum atomic E-state index is 13.2. The van der Waals surface area contributed by atoms with E-state index in [2.05, 4.69) is 15.4 Å². The van der Waals surface area contributed by atoms with Gasteiger partial charge >= 0.3 is 0 Å². The average molecular weight is 484 g/mol. The molecule has 3 aromatic carbocycles. The van der Waals surface area contributed by atoms with Crippen molar-refractivity contribution in [1.82, 2.24) is 4.72 Å². The second-order valence-electron chi connectivity index (χ2n) is 7.78. The highest BCUT2D eigenvalue weighted by molar-refractivity contribution is 7.89. The Morgan fingerprint density at radius 3 is 2.55 bits per heavy atom. The van der Waals surface area contributed by atoms with Gasteiger partial charge in [0.15, 0.2) is 0 Å². The Morgan fingerprint density at radius 2 is 1.79 bits per heavy atom. The summed E-state index contributed by atoms with van der Waals surface area (Å²) in [5.41, 5.74) is 3.10. The number of fused-ring (bicyclic) bond motifs is 1. The van der Waals surface area contributed by atoms with Gasteiger partial charge in [0.1, 0.15) is 6.04 Å². The minimum Gasteiger partial charge on any atom is -0.326 e. The number of aryl methyl sites for hydroxylation is 2. The molecule has 1 atom stereocenters. The zero-order valence-corrected chi connectivity index (χ0v) is 19.3. The standard InChI is InChI=1S/C24H22ClN3O4S/c1-15-7-9-18(25)14-21(15)27-24(30)23(16-5-3-2-4-6-16)28-33(31,32)19-10-11-20-17(13-19)8-12-22(29)26-20/h2-7,9-11,13-14,23,28H,8,12H2,1H3,(H,26,29)(H,27,30)/t23-/m1/s1. The number of hydrogen-bond donors (Lipinski definition) is 3. The Hall–Kier alpha value is -3.20. The molecule has 0 saturated heterocycles. The molecule has 7 nitrogen and oxygen atoms in total. The summed E-state index contributed by atoms with van der Waals surface area (Å²) in [6.45, 7) is 1.82. The van der Waals surface area contributed by atoms with Gasteiger partial charge in [0.2, 0.25) is 21.8 Å². The molecule has 33 heavy (non-hydrogen) atoms. The third-order valence-corrected chi connectivity index (χ3v) is 7.06. The van der Waals surface area contributed by atoms with Gasteiger partial charge in [0.05, 0.1) is 4.90 Å². The third-order valence-electron chi connectivity index (χ3n) is 5.41. The van der Waals surface area contributed by atoms with Crippen LogP contribution in [0.5, 0.6) is 0 Å². The predicted molar refractivity (Wildman–Crippen MR) is 128 cm³/mol. The predicted octanol–water partition coefficient (Wildman–Crippen LogP) is 4.19. The van der Waals surface area contributed by atoms with Gasteiger partial charge in [-0.15, -0.1) is 0 Å². The summed E-state index contributed by atoms with van der Waals surface area (Å²) in [7, 11) is -4.06. The highest BCUT2D eigenvalue weighted by atomic mass is 35.5. The van der Waals surface area contributed by atoms with Crippen LogP contribution < -0.4 is 15.4 Å². The molecule has 0 spiro atoms. The first-order valence-electron chi connectivity index (χ1n) is 10.3. The number of amides is 2. The summed E-state index contributed by atoms with van der Waals surface area (Å²) in [4.78, 5) is 24.8. The fourth-order valence-electron chi connectivity index (χ4n) is 3.60. The molecular formula is C24H22ClN3O4S. The fourth-order valence-corrected chi connectivity index (χ4v) is 5.01. The number of anilines is 2. The molecule has 0 radical (unpaired) electrons. The van der Waals surface area contributed by atoms with E-state index in [-0.39, 0.29) is 17.2 Å². The summed E-state index contributed by atoms with van der Waals surface area (Å²) in [5, 5.41) is 5.96. The Labute approximate surface area is 197 Å². The van der Waals surface area contributed by atoms with Crippen LogP contribution in [0.2, 0.25) is 5.02 Å². The first kappa shape index (κ1) is 23.0. The zero-order chi connectivity index (χ0) is 23.6. The highest BCUT2D eigenvalue weighted by Gasteiger charge is 2.28. The number of nitrogens with one attached hydrogen (secondary N) is 3. The molecule has 0 saturated carbocycles. The second kappa shape index (κ2) is 9.35. The SMILES string of the molecule is Cc1ccc(Cl)cc1NC(=O)[C@H](NS(=O)(=O)c1ccc2c(c1)CCC(=O)N2)c1ccccc1. The van der Waals surface area contributed by atoms with E-state index in [0.717, 1.165) is 11.1 Å². The molecule has 170 valence electrons. The lowest BCUT2D eigenvalue weighted by Crippen LogP contribution is -2.37. The summed E-state index contributed by atoms with van der Waals surface area (Å²) >= 11 is 6.06. The van der Waals surface area contributed by atoms with Crippen LogP contribution in [0.25, 0.3) is 0 Å². The minimum atomic E-state index is -4.06. The van der Waals surface area contributed by atoms with E-state index in [0.29, 0.717) is 28.4 Å². The molecule has 4 rings (SSSR count). The lowest BCUT2D eigenvalue weighted by Gasteiger charge is -2.21. The van der Waals surface area contributed by atoms with E-state index in [1.54, 1.807) is 54.6 Å². The van der Waals surface area contributed by atoms with E-state index in [1.165, 1.54) is 12.1 Å². The lowest BCUT2D eigenvalue weighted by atomic mass is 10.0. The van der Waals surface area contributed by atoms with Gasteiger partial charge in [0, 0.05) is 22.8 Å². The van der Waals surface area contributed by atoms with E-state index >= 15 is 0 Å². The monoisotopic (exact) mass is 483 g/mol. The van der Waals surface area contributed by atoms with Crippen LogP contribution in [0.15, 0.2) is 71.6 Å². The lowest BCUT2D eigenvalue weighted by molar-refractivity contribution is -0.118. The van der Waals surface area contributed by atoms with Crippen molar-refractivity contribution in [2.45, 2.75) is 30.7 Å². The minimum absolute atomic E-state index is 0.0186. The molecule has 9 heteroatoms. The number of carbonyl (C=O) groups is 2. The molecule has 0 aliphatic carbocycles. The van der Waals surface area contributed by atoms with Gasteiger partial charge in [-0.3, -0.25) is 9.59 Å². The van der Waals surface area contributed by atoms with Crippen LogP contribution in [0.4, 0.5) is 11.4 Å². The smallest absolute Gasteiger partial charge is 0.247 e. The number of hydrogen-bond acceptors (Lipinski definition) is 4. The molecule has 0 bridgehead atoms. The zero-order valence-electron chi connectivity index (χ0n) is 17.8. The van der Waals surface area contributed by atoms with Crippen LogP contribution in [-0.4, -0.2) is 20.2 Å². The molecule has 0 aromatic heterocycles. The van der Waals surface area contributed by atoms with Crippen LogP contribution in [0, 0.1) is 6.92 Å². The van der Waals surface area contributed by atoms with E-state index in [1.807, 2.05) is 6.92 Å². The molecule has 0 fully saturated rings. The summed E-state index contributed by atoms with van der Waals surface area (Å²) in [6, 6.07) is 17.0. The highest BCUT2D eigenvalue weighted by Crippen LogP contribution is 2.27. The molecular weight excluding hydrogens is 462 g/mol. The maximum absolute atomic E-state index is 13.2. The van der Waals surface area contributed by atoms with Gasteiger partial charge in [-0.2, -0.15) is 4.72 Å². The first-order chi connectivity index (χ1) is 15.7. The quantitative estimate of drug-likeness (QED) is 0.489. The van der Waals surface area contributed by atoms with Crippen molar-refractivity contribution < 1.29 is 18.0 Å². The van der Waals surface area contributed by atoms with Gasteiger partial charge in [-0.05, 0) is 60.4 Å². The van der Waals surface area contributed by atoms with Gasteiger partial charge < -0.3 is 10.6 Å². The van der Waals surface area contributed by atoms with Crippen molar-refractivity contribution in [2.75, 3.05) is 10.6 Å². The number of sulfonamides is 1. The molecule has 1 aliphatic heterocycles. The topological polar surface area (TPSA) is 104 Å². The van der Waals surface area contributed by atoms with Crippen molar-refractivity contribution in [3.8, 4) is 0 Å². The van der Waals surface area contributed by atoms with Gasteiger partial charge in [-0.1, -0.05) is 48.0 Å². The van der Waals surface area contributed by atoms with Crippen molar-refractivity contribution in [3.05, 3.63) is 88.4 Å². The van der Waals surface area contributed by atoms with E-state index in [9.17, 15) is 18.0 Å². The van der Waals surface area contributed by atoms with Crippen molar-refractivity contribution in [1.29, 1.82) is 0 Å². The first-order valence-corrected chi connectivity index (χ1v) is 12.2. The fraction of sp³-hybridized carbons (Fsp3) is 0.167. The van der Waals surface area contributed by atoms with Crippen molar-refractivity contribution >= 4 is 44.8 Å². The average Bonchev–Trinajstić information content (AvgIpc) is 2.80. The molecule has 3 N–H and O–H groups in total. The maximum Gasteiger partial charge on any atom is 0.247 e. The van der Waals surface area contributed by atoms with E-state index in [4.69, 9.17) is 11.6 Å². The number of rotatable bonds is 6. The summed E-state index contributed by atoms with van der Waals surface area (Å²) in [5.74, 6) is -0.645. The van der Waals surface area contributed by atoms with Crippen LogP contribution in [-0.2, 0) is 26.0 Å². The Bertz CT molecular complexity index is 1330. The molecule has 2 amide bonds. The normalized spacial score (nSPS) is 14.2. The summed E-state index contributed by atoms with van der Waals surface area (Å²) in [6.07, 6.45) is 0.735. The molecule has 1 heterocycles. The second-order valence-corrected chi connectivity index (χ2v) is 9.93. The number of halogens is 1.